The number of halogens is 2. The van der Waals surface area contributed by atoms with E-state index < -0.39 is 17.3 Å². The summed E-state index contributed by atoms with van der Waals surface area (Å²) in [4.78, 5) is 25.8. The lowest BCUT2D eigenvalue weighted by molar-refractivity contribution is 0.0600. The molecule has 0 amide bonds. The monoisotopic (exact) mass is 354 g/mol. The van der Waals surface area contributed by atoms with Gasteiger partial charge in [0.25, 0.3) is 0 Å². The normalized spacial score (nSPS) is 10.3. The van der Waals surface area contributed by atoms with E-state index in [2.05, 4.69) is 31.0 Å². The molecule has 110 valence electrons. The molecule has 1 aromatic carbocycles. The molecular weight excluding hydrogens is 343 g/mol. The summed E-state index contributed by atoms with van der Waals surface area (Å²) < 4.78 is 19.1. The van der Waals surface area contributed by atoms with Crippen LogP contribution in [0.3, 0.4) is 0 Å². The van der Waals surface area contributed by atoms with Crippen molar-refractivity contribution < 1.29 is 13.9 Å². The minimum Gasteiger partial charge on any atom is -0.465 e. The van der Waals surface area contributed by atoms with Crippen LogP contribution in [0.1, 0.15) is 15.9 Å². The smallest absolute Gasteiger partial charge is 0.341 e. The second kappa shape index (κ2) is 6.09. The Labute approximate surface area is 128 Å². The van der Waals surface area contributed by atoms with Crippen molar-refractivity contribution in [3.63, 3.8) is 0 Å². The molecule has 0 bridgehead atoms. The van der Waals surface area contributed by atoms with Crippen molar-refractivity contribution in [2.45, 2.75) is 6.92 Å². The Morgan fingerprint density at radius 2 is 2.10 bits per heavy atom. The van der Waals surface area contributed by atoms with E-state index in [0.717, 1.165) is 0 Å². The number of hydrogen-bond donors (Lipinski definition) is 2. The van der Waals surface area contributed by atoms with Gasteiger partial charge in [0.15, 0.2) is 0 Å². The van der Waals surface area contributed by atoms with E-state index in [0.29, 0.717) is 10.0 Å². The van der Waals surface area contributed by atoms with Crippen LogP contribution < -0.4 is 10.9 Å². The molecule has 0 aliphatic rings. The van der Waals surface area contributed by atoms with Crippen molar-refractivity contribution >= 4 is 33.4 Å². The van der Waals surface area contributed by atoms with Crippen molar-refractivity contribution in [1.82, 2.24) is 4.98 Å². The van der Waals surface area contributed by atoms with Gasteiger partial charge in [0.1, 0.15) is 17.2 Å². The number of ether oxygens (including phenoxy) is 1. The lowest BCUT2D eigenvalue weighted by atomic mass is 10.1. The van der Waals surface area contributed by atoms with Crippen LogP contribution in [0.25, 0.3) is 0 Å². The van der Waals surface area contributed by atoms with Gasteiger partial charge in [0.05, 0.1) is 12.8 Å². The van der Waals surface area contributed by atoms with Crippen molar-refractivity contribution in [2.24, 2.45) is 0 Å². The van der Waals surface area contributed by atoms with Crippen molar-refractivity contribution in [2.75, 3.05) is 12.4 Å². The van der Waals surface area contributed by atoms with Crippen LogP contribution in [-0.2, 0) is 4.74 Å². The molecule has 2 aromatic rings. The van der Waals surface area contributed by atoms with Gasteiger partial charge in [-0.1, -0.05) is 15.9 Å². The number of pyridine rings is 1. The van der Waals surface area contributed by atoms with Gasteiger partial charge in [-0.2, -0.15) is 0 Å². The zero-order valence-corrected chi connectivity index (χ0v) is 12.9. The molecule has 0 spiro atoms. The van der Waals surface area contributed by atoms with Crippen molar-refractivity contribution in [1.29, 1.82) is 0 Å². The van der Waals surface area contributed by atoms with Crippen molar-refractivity contribution in [3.05, 3.63) is 56.0 Å². The number of aromatic amines is 1. The number of esters is 1. The second-order valence-electron chi connectivity index (χ2n) is 4.31. The van der Waals surface area contributed by atoms with E-state index in [4.69, 9.17) is 0 Å². The van der Waals surface area contributed by atoms with Crippen LogP contribution in [0.4, 0.5) is 15.9 Å². The third kappa shape index (κ3) is 3.30. The van der Waals surface area contributed by atoms with E-state index >= 15 is 0 Å². The lowest BCUT2D eigenvalue weighted by Crippen LogP contribution is -2.16. The largest absolute Gasteiger partial charge is 0.465 e. The first-order valence-electron chi connectivity index (χ1n) is 5.96. The molecule has 0 aliphatic carbocycles. The molecule has 0 atom stereocenters. The van der Waals surface area contributed by atoms with Gasteiger partial charge in [-0.25, -0.2) is 9.18 Å². The summed E-state index contributed by atoms with van der Waals surface area (Å²) in [6, 6.07) is 5.67. The van der Waals surface area contributed by atoms with Crippen LogP contribution in [0.15, 0.2) is 33.5 Å². The number of aryl methyl sites for hydroxylation is 1. The summed E-state index contributed by atoms with van der Waals surface area (Å²) in [6.45, 7) is 1.60. The average Bonchev–Trinajstić information content (AvgIpc) is 2.40. The maximum absolute atomic E-state index is 13.9. The fraction of sp³-hybridized carbons (Fsp3) is 0.143. The SMILES string of the molecule is COC(=O)c1c(C)cc(=O)[nH]c1Nc1ccc(Br)cc1F. The Morgan fingerprint density at radius 3 is 2.71 bits per heavy atom. The standard InChI is InChI=1S/C14H12BrFN2O3/c1-7-5-11(19)18-13(12(7)14(20)21-2)17-10-4-3-8(15)6-9(10)16/h3-6H,1-2H3,(H2,17,18,19). The first kappa shape index (κ1) is 15.2. The summed E-state index contributed by atoms with van der Waals surface area (Å²) in [5.74, 6) is -1.06. The summed E-state index contributed by atoms with van der Waals surface area (Å²) in [5.41, 5.74) is 0.315. The zero-order chi connectivity index (χ0) is 15.6. The summed E-state index contributed by atoms with van der Waals surface area (Å²) in [5, 5.41) is 2.71. The molecule has 1 aromatic heterocycles. The molecule has 5 nitrogen and oxygen atoms in total. The highest BCUT2D eigenvalue weighted by Crippen LogP contribution is 2.25. The molecule has 0 unspecified atom stereocenters. The number of aromatic nitrogens is 1. The number of nitrogens with one attached hydrogen (secondary N) is 2. The topological polar surface area (TPSA) is 71.2 Å². The zero-order valence-electron chi connectivity index (χ0n) is 11.3. The third-order valence-electron chi connectivity index (χ3n) is 2.82. The summed E-state index contributed by atoms with van der Waals surface area (Å²) in [7, 11) is 1.23. The van der Waals surface area contributed by atoms with Gasteiger partial charge < -0.3 is 15.0 Å². The van der Waals surface area contributed by atoms with Gasteiger partial charge in [-0.3, -0.25) is 4.79 Å². The van der Waals surface area contributed by atoms with Crippen LogP contribution in [0.5, 0.6) is 0 Å². The number of carbonyl (C=O) groups excluding carboxylic acids is 1. The average molecular weight is 355 g/mol. The Hall–Kier alpha value is -2.15. The van der Waals surface area contributed by atoms with Gasteiger partial charge in [0.2, 0.25) is 5.56 Å². The maximum Gasteiger partial charge on any atom is 0.341 e. The summed E-state index contributed by atoms with van der Waals surface area (Å²) >= 11 is 3.15. The van der Waals surface area contributed by atoms with Crippen LogP contribution in [-0.4, -0.2) is 18.1 Å². The number of methoxy groups -OCH3 is 1. The predicted octanol–water partition coefficient (Wildman–Crippen LogP) is 3.12. The van der Waals surface area contributed by atoms with Gasteiger partial charge in [0, 0.05) is 10.5 Å². The highest BCUT2D eigenvalue weighted by Gasteiger charge is 2.17. The van der Waals surface area contributed by atoms with E-state index in [1.54, 1.807) is 13.0 Å². The van der Waals surface area contributed by atoms with E-state index in [9.17, 15) is 14.0 Å². The maximum atomic E-state index is 13.9. The summed E-state index contributed by atoms with van der Waals surface area (Å²) in [6.07, 6.45) is 0. The van der Waals surface area contributed by atoms with E-state index in [1.807, 2.05) is 0 Å². The van der Waals surface area contributed by atoms with E-state index in [1.165, 1.54) is 25.3 Å². The third-order valence-corrected chi connectivity index (χ3v) is 3.31. The molecule has 0 radical (unpaired) electrons. The molecule has 2 rings (SSSR count). The Kier molecular flexibility index (Phi) is 4.42. The molecule has 21 heavy (non-hydrogen) atoms. The van der Waals surface area contributed by atoms with Gasteiger partial charge in [-0.05, 0) is 30.7 Å². The van der Waals surface area contributed by atoms with E-state index in [-0.39, 0.29) is 17.1 Å². The quantitative estimate of drug-likeness (QED) is 0.830. The molecule has 0 fully saturated rings. The predicted molar refractivity (Wildman–Crippen MR) is 80.5 cm³/mol. The van der Waals surface area contributed by atoms with Crippen LogP contribution in [0, 0.1) is 12.7 Å². The molecule has 0 saturated carbocycles. The molecule has 2 N–H and O–H groups in total. The Bertz CT molecular complexity index is 758. The molecular formula is C14H12BrFN2O3. The van der Waals surface area contributed by atoms with Gasteiger partial charge in [-0.15, -0.1) is 0 Å². The number of H-pyrrole nitrogens is 1. The molecule has 7 heteroatoms. The number of rotatable bonds is 3. The molecule has 1 heterocycles. The number of carbonyl (C=O) groups is 1. The van der Waals surface area contributed by atoms with Crippen LogP contribution in [0.2, 0.25) is 0 Å². The fourth-order valence-corrected chi connectivity index (χ4v) is 2.21. The highest BCUT2D eigenvalue weighted by molar-refractivity contribution is 9.10. The second-order valence-corrected chi connectivity index (χ2v) is 5.22. The van der Waals surface area contributed by atoms with Gasteiger partial charge >= 0.3 is 5.97 Å². The van der Waals surface area contributed by atoms with Crippen LogP contribution >= 0.6 is 15.9 Å². The fourth-order valence-electron chi connectivity index (χ4n) is 1.87. The van der Waals surface area contributed by atoms with Crippen molar-refractivity contribution in [3.8, 4) is 0 Å². The first-order chi connectivity index (χ1) is 9.92. The Balaban J connectivity index is 2.52. The number of anilines is 2. The highest BCUT2D eigenvalue weighted by atomic mass is 79.9. The molecule has 0 aliphatic heterocycles. The Morgan fingerprint density at radius 1 is 1.38 bits per heavy atom. The molecule has 0 saturated heterocycles. The lowest BCUT2D eigenvalue weighted by Gasteiger charge is -2.13. The number of benzene rings is 1. The minimum atomic E-state index is -0.622. The minimum absolute atomic E-state index is 0.0908. The number of hydrogen-bond acceptors (Lipinski definition) is 4. The first-order valence-corrected chi connectivity index (χ1v) is 6.76.